The Labute approximate surface area is 121 Å². The molecule has 2 N–H and O–H groups in total. The van der Waals surface area contributed by atoms with Gasteiger partial charge in [0.1, 0.15) is 0 Å². The monoisotopic (exact) mass is 272 g/mol. The maximum absolute atomic E-state index is 13.1. The molecule has 1 aromatic carbocycles. The highest BCUT2D eigenvalue weighted by atomic mass is 16.2. The van der Waals surface area contributed by atoms with E-state index in [4.69, 9.17) is 5.73 Å². The standard InChI is InChI=1S/C17H24N2O/c18-13-17(10-4-1-5-11-17)16(20)19-12-6-8-14-7-2-3-9-15(14)19/h2-3,7,9H,1,4-6,8,10-13,18H2. The molecule has 0 saturated heterocycles. The highest BCUT2D eigenvalue weighted by molar-refractivity contribution is 5.98. The molecule has 2 aliphatic rings. The second-order valence-corrected chi connectivity index (χ2v) is 6.23. The van der Waals surface area contributed by atoms with E-state index in [-0.39, 0.29) is 11.3 Å². The number of aryl methyl sites for hydroxylation is 1. The van der Waals surface area contributed by atoms with Gasteiger partial charge < -0.3 is 10.6 Å². The number of carbonyl (C=O) groups excluding carboxylic acids is 1. The predicted octanol–water partition coefficient (Wildman–Crippen LogP) is 2.88. The van der Waals surface area contributed by atoms with Crippen LogP contribution in [0.25, 0.3) is 0 Å². The third kappa shape index (κ3) is 2.24. The fourth-order valence-electron chi connectivity index (χ4n) is 3.76. The van der Waals surface area contributed by atoms with Crippen LogP contribution in [0.2, 0.25) is 0 Å². The second kappa shape index (κ2) is 5.57. The molecule has 0 atom stereocenters. The van der Waals surface area contributed by atoms with Gasteiger partial charge in [-0.1, -0.05) is 37.5 Å². The van der Waals surface area contributed by atoms with Gasteiger partial charge in [0.05, 0.1) is 5.41 Å². The Morgan fingerprint density at radius 1 is 1.15 bits per heavy atom. The van der Waals surface area contributed by atoms with Gasteiger partial charge in [-0.05, 0) is 37.3 Å². The third-order valence-electron chi connectivity index (χ3n) is 5.01. The molecule has 1 aliphatic carbocycles. The number of hydrogen-bond acceptors (Lipinski definition) is 2. The van der Waals surface area contributed by atoms with Gasteiger partial charge in [0.2, 0.25) is 5.91 Å². The first-order chi connectivity index (χ1) is 9.77. The molecule has 0 unspecified atom stereocenters. The summed E-state index contributed by atoms with van der Waals surface area (Å²) in [4.78, 5) is 15.1. The minimum atomic E-state index is -0.303. The zero-order valence-electron chi connectivity index (χ0n) is 12.1. The Kier molecular flexibility index (Phi) is 3.79. The van der Waals surface area contributed by atoms with Gasteiger partial charge in [-0.25, -0.2) is 0 Å². The highest BCUT2D eigenvalue weighted by Crippen LogP contribution is 2.39. The number of nitrogens with two attached hydrogens (primary N) is 1. The summed E-state index contributed by atoms with van der Waals surface area (Å²) in [5, 5.41) is 0. The van der Waals surface area contributed by atoms with E-state index in [0.717, 1.165) is 50.8 Å². The molecule has 1 fully saturated rings. The van der Waals surface area contributed by atoms with Crippen LogP contribution in [-0.2, 0) is 11.2 Å². The number of carbonyl (C=O) groups is 1. The molecule has 1 saturated carbocycles. The summed E-state index contributed by atoms with van der Waals surface area (Å²) in [5.41, 5.74) is 8.13. The van der Waals surface area contributed by atoms with E-state index >= 15 is 0 Å². The summed E-state index contributed by atoms with van der Waals surface area (Å²) < 4.78 is 0. The molecule has 1 aliphatic heterocycles. The molecule has 1 heterocycles. The number of para-hydroxylation sites is 1. The molecule has 108 valence electrons. The van der Waals surface area contributed by atoms with Gasteiger partial charge in [0.15, 0.2) is 0 Å². The molecule has 3 heteroatoms. The van der Waals surface area contributed by atoms with Crippen molar-refractivity contribution in [1.29, 1.82) is 0 Å². The van der Waals surface area contributed by atoms with E-state index in [2.05, 4.69) is 18.2 Å². The fourth-order valence-corrected chi connectivity index (χ4v) is 3.76. The number of rotatable bonds is 2. The van der Waals surface area contributed by atoms with Crippen LogP contribution in [-0.4, -0.2) is 19.0 Å². The number of amides is 1. The second-order valence-electron chi connectivity index (χ2n) is 6.23. The van der Waals surface area contributed by atoms with E-state index in [1.54, 1.807) is 0 Å². The SMILES string of the molecule is NCC1(C(=O)N2CCCc3ccccc32)CCCCC1. The van der Waals surface area contributed by atoms with Crippen molar-refractivity contribution in [3.05, 3.63) is 29.8 Å². The average Bonchev–Trinajstić information content (AvgIpc) is 2.54. The van der Waals surface area contributed by atoms with Crippen LogP contribution in [0, 0.1) is 5.41 Å². The normalized spacial score (nSPS) is 21.4. The molecule has 0 radical (unpaired) electrons. The number of fused-ring (bicyclic) bond motifs is 1. The topological polar surface area (TPSA) is 46.3 Å². The number of benzene rings is 1. The van der Waals surface area contributed by atoms with Crippen molar-refractivity contribution < 1.29 is 4.79 Å². The Bertz CT molecular complexity index is 492. The first kappa shape index (κ1) is 13.6. The lowest BCUT2D eigenvalue weighted by Crippen LogP contribution is -2.50. The molecule has 0 bridgehead atoms. The van der Waals surface area contributed by atoms with Crippen LogP contribution >= 0.6 is 0 Å². The molecule has 0 aromatic heterocycles. The predicted molar refractivity (Wildman–Crippen MR) is 81.7 cm³/mol. The summed E-state index contributed by atoms with van der Waals surface area (Å²) in [6.45, 7) is 1.34. The van der Waals surface area contributed by atoms with Gasteiger partial charge in [-0.15, -0.1) is 0 Å². The van der Waals surface area contributed by atoms with Crippen LogP contribution in [0.5, 0.6) is 0 Å². The lowest BCUT2D eigenvalue weighted by molar-refractivity contribution is -0.129. The molecule has 0 spiro atoms. The maximum atomic E-state index is 13.1. The van der Waals surface area contributed by atoms with Gasteiger partial charge in [0.25, 0.3) is 0 Å². The number of nitrogens with zero attached hydrogens (tertiary/aromatic N) is 1. The highest BCUT2D eigenvalue weighted by Gasteiger charge is 2.42. The lowest BCUT2D eigenvalue weighted by atomic mass is 9.72. The van der Waals surface area contributed by atoms with Crippen LogP contribution in [0.15, 0.2) is 24.3 Å². The minimum Gasteiger partial charge on any atom is -0.329 e. The molecule has 3 nitrogen and oxygen atoms in total. The Hall–Kier alpha value is -1.35. The first-order valence-corrected chi connectivity index (χ1v) is 7.87. The smallest absolute Gasteiger partial charge is 0.234 e. The molecular weight excluding hydrogens is 248 g/mol. The van der Waals surface area contributed by atoms with Gasteiger partial charge in [0, 0.05) is 18.8 Å². The quantitative estimate of drug-likeness (QED) is 0.900. The van der Waals surface area contributed by atoms with Crippen molar-refractivity contribution in [3.63, 3.8) is 0 Å². The van der Waals surface area contributed by atoms with Crippen LogP contribution in [0.1, 0.15) is 44.1 Å². The average molecular weight is 272 g/mol. The molecule has 3 rings (SSSR count). The zero-order chi connectivity index (χ0) is 14.0. The van der Waals surface area contributed by atoms with Crippen molar-refractivity contribution in [2.24, 2.45) is 11.1 Å². The van der Waals surface area contributed by atoms with E-state index < -0.39 is 0 Å². The Balaban J connectivity index is 1.91. The summed E-state index contributed by atoms with van der Waals surface area (Å²) in [6, 6.07) is 8.32. The fraction of sp³-hybridized carbons (Fsp3) is 0.588. The molecule has 20 heavy (non-hydrogen) atoms. The van der Waals surface area contributed by atoms with Gasteiger partial charge >= 0.3 is 0 Å². The van der Waals surface area contributed by atoms with Crippen LogP contribution in [0.4, 0.5) is 5.69 Å². The van der Waals surface area contributed by atoms with E-state index in [1.165, 1.54) is 12.0 Å². The first-order valence-electron chi connectivity index (χ1n) is 7.87. The number of hydrogen-bond donors (Lipinski definition) is 1. The van der Waals surface area contributed by atoms with Gasteiger partial charge in [-0.2, -0.15) is 0 Å². The lowest BCUT2D eigenvalue weighted by Gasteiger charge is -2.41. The van der Waals surface area contributed by atoms with Crippen molar-refractivity contribution >= 4 is 11.6 Å². The van der Waals surface area contributed by atoms with Gasteiger partial charge in [-0.3, -0.25) is 4.79 Å². The molecule has 1 amide bonds. The third-order valence-corrected chi connectivity index (χ3v) is 5.01. The largest absolute Gasteiger partial charge is 0.329 e. The zero-order valence-corrected chi connectivity index (χ0v) is 12.1. The van der Waals surface area contributed by atoms with Crippen molar-refractivity contribution in [3.8, 4) is 0 Å². The summed E-state index contributed by atoms with van der Waals surface area (Å²) in [7, 11) is 0. The summed E-state index contributed by atoms with van der Waals surface area (Å²) in [6.07, 6.45) is 7.57. The van der Waals surface area contributed by atoms with Crippen LogP contribution < -0.4 is 10.6 Å². The van der Waals surface area contributed by atoms with E-state index in [9.17, 15) is 4.79 Å². The van der Waals surface area contributed by atoms with Crippen LogP contribution in [0.3, 0.4) is 0 Å². The molecule has 1 aromatic rings. The molecular formula is C17H24N2O. The van der Waals surface area contributed by atoms with E-state index in [1.807, 2.05) is 11.0 Å². The van der Waals surface area contributed by atoms with Crippen molar-refractivity contribution in [2.75, 3.05) is 18.0 Å². The summed E-state index contributed by atoms with van der Waals surface area (Å²) in [5.74, 6) is 0.270. The minimum absolute atomic E-state index is 0.270. The summed E-state index contributed by atoms with van der Waals surface area (Å²) >= 11 is 0. The van der Waals surface area contributed by atoms with Crippen molar-refractivity contribution in [1.82, 2.24) is 0 Å². The Morgan fingerprint density at radius 3 is 2.65 bits per heavy atom. The number of anilines is 1. The maximum Gasteiger partial charge on any atom is 0.234 e. The Morgan fingerprint density at radius 2 is 1.90 bits per heavy atom. The van der Waals surface area contributed by atoms with E-state index in [0.29, 0.717) is 6.54 Å². The van der Waals surface area contributed by atoms with Crippen molar-refractivity contribution in [2.45, 2.75) is 44.9 Å².